The second-order valence-corrected chi connectivity index (χ2v) is 7.34. The summed E-state index contributed by atoms with van der Waals surface area (Å²) in [6, 6.07) is 21.2. The lowest BCUT2D eigenvalue weighted by Gasteiger charge is -2.30. The molecule has 4 aromatic rings. The van der Waals surface area contributed by atoms with Crippen LogP contribution in [0, 0.1) is 0 Å². The fraction of sp³-hybridized carbons (Fsp3) is 0.208. The van der Waals surface area contributed by atoms with Gasteiger partial charge in [-0.15, -0.1) is 0 Å². The first-order valence-corrected chi connectivity index (χ1v) is 9.72. The Morgan fingerprint density at radius 1 is 0.926 bits per heavy atom. The molecule has 1 aromatic heterocycles. The molecule has 2 heterocycles. The number of hydrogen-bond acceptors (Lipinski definition) is 2. The highest BCUT2D eigenvalue weighted by Gasteiger charge is 2.15. The average molecular weight is 353 g/mol. The van der Waals surface area contributed by atoms with Crippen LogP contribution in [0.15, 0.2) is 67.2 Å². The molecule has 3 heteroatoms. The number of aromatic nitrogens is 2. The van der Waals surface area contributed by atoms with Gasteiger partial charge in [0.2, 0.25) is 0 Å². The van der Waals surface area contributed by atoms with E-state index in [4.69, 9.17) is 4.98 Å². The summed E-state index contributed by atoms with van der Waals surface area (Å²) in [5.41, 5.74) is 5.50. The molecule has 0 radical (unpaired) electrons. The normalized spacial score (nSPS) is 14.7. The Balaban J connectivity index is 1.55. The number of fused-ring (bicyclic) bond motifs is 2. The highest BCUT2D eigenvalue weighted by Crippen LogP contribution is 2.30. The van der Waals surface area contributed by atoms with Gasteiger partial charge in [-0.3, -0.25) is 0 Å². The second kappa shape index (κ2) is 6.58. The van der Waals surface area contributed by atoms with Gasteiger partial charge in [-0.1, -0.05) is 55.1 Å². The monoisotopic (exact) mass is 353 g/mol. The van der Waals surface area contributed by atoms with E-state index < -0.39 is 0 Å². The predicted molar refractivity (Wildman–Crippen MR) is 113 cm³/mol. The van der Waals surface area contributed by atoms with Crippen molar-refractivity contribution in [1.29, 1.82) is 0 Å². The lowest BCUT2D eigenvalue weighted by Crippen LogP contribution is -2.27. The molecule has 0 unspecified atom stereocenters. The minimum absolute atomic E-state index is 0.919. The fourth-order valence-corrected chi connectivity index (χ4v) is 4.09. The number of piperidine rings is 1. The molecule has 0 atom stereocenters. The van der Waals surface area contributed by atoms with Crippen molar-refractivity contribution in [2.24, 2.45) is 0 Å². The maximum Gasteiger partial charge on any atom is 0.139 e. The first kappa shape index (κ1) is 16.1. The van der Waals surface area contributed by atoms with Crippen molar-refractivity contribution < 1.29 is 0 Å². The molecule has 1 aliphatic rings. The van der Waals surface area contributed by atoms with Crippen molar-refractivity contribution >= 4 is 27.5 Å². The zero-order valence-electron chi connectivity index (χ0n) is 15.4. The molecule has 3 aromatic carbocycles. The van der Waals surface area contributed by atoms with Crippen LogP contribution in [0.2, 0.25) is 0 Å². The molecule has 3 nitrogen and oxygen atoms in total. The van der Waals surface area contributed by atoms with Crippen LogP contribution in [0.5, 0.6) is 0 Å². The Hall–Kier alpha value is -3.07. The van der Waals surface area contributed by atoms with E-state index in [2.05, 4.69) is 77.1 Å². The summed E-state index contributed by atoms with van der Waals surface area (Å²) in [4.78, 5) is 10.8. The van der Waals surface area contributed by atoms with Gasteiger partial charge in [-0.25, -0.2) is 4.98 Å². The zero-order chi connectivity index (χ0) is 18.2. The molecule has 1 N–H and O–H groups in total. The summed E-state index contributed by atoms with van der Waals surface area (Å²) in [6.45, 7) is 6.58. The smallest absolute Gasteiger partial charge is 0.139 e. The summed E-state index contributed by atoms with van der Waals surface area (Å²) in [5, 5.41) is 2.45. The zero-order valence-corrected chi connectivity index (χ0v) is 15.4. The van der Waals surface area contributed by atoms with Crippen molar-refractivity contribution in [2.75, 3.05) is 13.1 Å². The lowest BCUT2D eigenvalue weighted by atomic mass is 10.0. The topological polar surface area (TPSA) is 31.9 Å². The van der Waals surface area contributed by atoms with E-state index >= 15 is 0 Å². The fourth-order valence-electron chi connectivity index (χ4n) is 4.09. The van der Waals surface area contributed by atoms with Crippen LogP contribution >= 0.6 is 0 Å². The largest absolute Gasteiger partial charge is 0.372 e. The van der Waals surface area contributed by atoms with Crippen molar-refractivity contribution in [2.45, 2.75) is 19.3 Å². The van der Waals surface area contributed by atoms with E-state index in [1.807, 2.05) is 0 Å². The quantitative estimate of drug-likeness (QED) is 0.502. The number of rotatable bonds is 3. The summed E-state index contributed by atoms with van der Waals surface area (Å²) in [7, 11) is 0. The molecule has 5 rings (SSSR count). The molecular formula is C24H23N3. The molecule has 1 fully saturated rings. The van der Waals surface area contributed by atoms with Crippen LogP contribution in [-0.4, -0.2) is 28.0 Å². The molecule has 0 spiro atoms. The van der Waals surface area contributed by atoms with E-state index in [0.29, 0.717) is 0 Å². The molecule has 0 aliphatic carbocycles. The summed E-state index contributed by atoms with van der Waals surface area (Å²) >= 11 is 0. The van der Waals surface area contributed by atoms with Gasteiger partial charge in [0.15, 0.2) is 0 Å². The molecular weight excluding hydrogens is 330 g/mol. The number of hydrogen-bond donors (Lipinski definition) is 1. The van der Waals surface area contributed by atoms with Gasteiger partial charge >= 0.3 is 0 Å². The van der Waals surface area contributed by atoms with Crippen LogP contribution in [0.1, 0.15) is 24.8 Å². The number of H-pyrrole nitrogens is 1. The van der Waals surface area contributed by atoms with Gasteiger partial charge in [0, 0.05) is 24.4 Å². The standard InChI is InChI=1S/C24H23N3/c1-17(27-14-5-2-6-15-27)19-12-13-22-23(16-19)26-24(25-22)21-11-7-9-18-8-3-4-10-20(18)21/h3-4,7-13,16H,1-2,5-6,14-15H2,(H,25,26). The van der Waals surface area contributed by atoms with E-state index in [-0.39, 0.29) is 0 Å². The lowest BCUT2D eigenvalue weighted by molar-refractivity contribution is 0.326. The van der Waals surface area contributed by atoms with Gasteiger partial charge in [0.05, 0.1) is 11.0 Å². The molecule has 0 bridgehead atoms. The van der Waals surface area contributed by atoms with Crippen LogP contribution in [-0.2, 0) is 0 Å². The molecule has 1 saturated heterocycles. The van der Waals surface area contributed by atoms with E-state index in [1.165, 1.54) is 35.6 Å². The summed E-state index contributed by atoms with van der Waals surface area (Å²) < 4.78 is 0. The van der Waals surface area contributed by atoms with Gasteiger partial charge < -0.3 is 9.88 Å². The number of aromatic amines is 1. The second-order valence-electron chi connectivity index (χ2n) is 7.34. The van der Waals surface area contributed by atoms with Crippen LogP contribution < -0.4 is 0 Å². The first-order chi connectivity index (χ1) is 13.3. The Labute approximate surface area is 159 Å². The van der Waals surface area contributed by atoms with Crippen molar-refractivity contribution in [1.82, 2.24) is 14.9 Å². The van der Waals surface area contributed by atoms with Crippen LogP contribution in [0.3, 0.4) is 0 Å². The van der Waals surface area contributed by atoms with E-state index in [1.54, 1.807) is 0 Å². The molecule has 1 aliphatic heterocycles. The number of likely N-dealkylation sites (tertiary alicyclic amines) is 1. The third-order valence-corrected chi connectivity index (χ3v) is 5.60. The third-order valence-electron chi connectivity index (χ3n) is 5.60. The molecule has 0 amide bonds. The molecule has 134 valence electrons. The summed E-state index contributed by atoms with van der Waals surface area (Å²) in [5.74, 6) is 0.919. The van der Waals surface area contributed by atoms with Crippen molar-refractivity contribution in [3.63, 3.8) is 0 Å². The van der Waals surface area contributed by atoms with Gasteiger partial charge in [-0.2, -0.15) is 0 Å². The van der Waals surface area contributed by atoms with Crippen LogP contribution in [0.4, 0.5) is 0 Å². The molecule has 0 saturated carbocycles. The first-order valence-electron chi connectivity index (χ1n) is 9.72. The van der Waals surface area contributed by atoms with E-state index in [9.17, 15) is 0 Å². The third kappa shape index (κ3) is 2.89. The minimum atomic E-state index is 0.919. The SMILES string of the molecule is C=C(c1ccc2nc(-c3cccc4ccccc34)[nH]c2c1)N1CCCCC1. The average Bonchev–Trinajstić information content (AvgIpc) is 3.16. The highest BCUT2D eigenvalue weighted by molar-refractivity contribution is 5.96. The van der Waals surface area contributed by atoms with Gasteiger partial charge in [-0.05, 0) is 47.7 Å². The predicted octanol–water partition coefficient (Wildman–Crippen LogP) is 5.84. The van der Waals surface area contributed by atoms with Gasteiger partial charge in [0.25, 0.3) is 0 Å². The number of imidazole rings is 1. The molecule has 27 heavy (non-hydrogen) atoms. The van der Waals surface area contributed by atoms with Crippen molar-refractivity contribution in [3.8, 4) is 11.4 Å². The highest BCUT2D eigenvalue weighted by atomic mass is 15.1. The Morgan fingerprint density at radius 3 is 2.63 bits per heavy atom. The maximum absolute atomic E-state index is 4.85. The van der Waals surface area contributed by atoms with Crippen LogP contribution in [0.25, 0.3) is 38.9 Å². The van der Waals surface area contributed by atoms with Crippen molar-refractivity contribution in [3.05, 3.63) is 72.8 Å². The Bertz CT molecular complexity index is 1130. The number of nitrogens with zero attached hydrogens (tertiary/aromatic N) is 2. The number of benzene rings is 3. The number of nitrogens with one attached hydrogen (secondary N) is 1. The Kier molecular flexibility index (Phi) is 3.93. The minimum Gasteiger partial charge on any atom is -0.372 e. The Morgan fingerprint density at radius 2 is 1.74 bits per heavy atom. The van der Waals surface area contributed by atoms with E-state index in [0.717, 1.165) is 41.2 Å². The summed E-state index contributed by atoms with van der Waals surface area (Å²) in [6.07, 6.45) is 3.85. The van der Waals surface area contributed by atoms with Gasteiger partial charge in [0.1, 0.15) is 5.82 Å². The maximum atomic E-state index is 4.85.